The summed E-state index contributed by atoms with van der Waals surface area (Å²) in [5.41, 5.74) is 1.68. The molecule has 0 amide bonds. The maximum absolute atomic E-state index is 11.7. The molecule has 0 unspecified atom stereocenters. The number of hydrogen-bond donors (Lipinski definition) is 2. The molecule has 0 bridgehead atoms. The summed E-state index contributed by atoms with van der Waals surface area (Å²) in [4.78, 5) is -0.552. The first-order valence-electron chi connectivity index (χ1n) is 19.9. The average Bonchev–Trinajstić information content (AvgIpc) is 3.15. The molecule has 4 aromatic rings. The van der Waals surface area contributed by atoms with Crippen LogP contribution >= 0.6 is 0 Å². The minimum Gasteiger partial charge on any atom is -0.872 e. The second-order valence-electron chi connectivity index (χ2n) is 14.1. The minimum atomic E-state index is -4.54. The van der Waals surface area contributed by atoms with Gasteiger partial charge in [-0.3, -0.25) is 4.55 Å². The summed E-state index contributed by atoms with van der Waals surface area (Å²) in [7, 11) is -8.83. The number of benzene rings is 4. The Hall–Kier alpha value is -2.84. The summed E-state index contributed by atoms with van der Waals surface area (Å²) in [6.07, 6.45) is 20.8. The number of unbranched alkanes of at least 4 members (excludes halogenated alkanes) is 14. The third kappa shape index (κ3) is 20.1. The molecule has 0 aromatic heterocycles. The van der Waals surface area contributed by atoms with E-state index in [-0.39, 0.29) is 64.8 Å². The molecule has 4 aromatic carbocycles. The Morgan fingerprint density at radius 2 is 0.965 bits per heavy atom. The Morgan fingerprint density at radius 1 is 0.544 bits per heavy atom. The van der Waals surface area contributed by atoms with Gasteiger partial charge in [0.25, 0.3) is 10.1 Å². The molecule has 0 atom stereocenters. The topological polar surface area (TPSA) is 173 Å². The van der Waals surface area contributed by atoms with Gasteiger partial charge in [0.2, 0.25) is 0 Å². The maximum Gasteiger partial charge on any atom is 2.00 e. The quantitative estimate of drug-likeness (QED) is 0.0392. The standard InChI is InChI=1S/2C22H30O5S.Ca/c2*1-2-3-4-5-6-7-8-9-11-18-16-19(23)14-15-22(18)27-20-12-10-13-21(17-20)28(24,25)26;/h2*10,12-17,23H,2-9,11H2,1H3,(H,24,25,26);/q;;+2/p-2. The smallest absolute Gasteiger partial charge is 0.872 e. The molecule has 0 fully saturated rings. The zero-order chi connectivity index (χ0) is 40.8. The SMILES string of the molecule is CCCCCCCCCCc1cc(O)ccc1Oc1cccc(S(=O)(=O)O)c1.CCCCCCCCCCc1cc([O-])ccc1Oc1cccc(S(=O)(=O)[O-])c1.[Ca+2]. The van der Waals surface area contributed by atoms with Gasteiger partial charge in [-0.1, -0.05) is 128 Å². The van der Waals surface area contributed by atoms with E-state index in [2.05, 4.69) is 13.8 Å². The molecule has 308 valence electrons. The number of aryl methyl sites for hydroxylation is 2. The summed E-state index contributed by atoms with van der Waals surface area (Å²) in [6.45, 7) is 4.42. The van der Waals surface area contributed by atoms with Crippen LogP contribution in [0.4, 0.5) is 0 Å². The van der Waals surface area contributed by atoms with E-state index in [0.29, 0.717) is 17.2 Å². The number of phenolic OH excluding ortho intramolecular Hbond substituents is 1. The van der Waals surface area contributed by atoms with Crippen LogP contribution in [0.25, 0.3) is 0 Å². The van der Waals surface area contributed by atoms with Crippen molar-refractivity contribution in [3.63, 3.8) is 0 Å². The van der Waals surface area contributed by atoms with Crippen molar-refractivity contribution in [3.8, 4) is 34.5 Å². The molecule has 4 rings (SSSR count). The molecule has 0 aliphatic carbocycles. The van der Waals surface area contributed by atoms with Crippen LogP contribution in [0.3, 0.4) is 0 Å². The van der Waals surface area contributed by atoms with E-state index >= 15 is 0 Å². The molecule has 0 aliphatic heterocycles. The van der Waals surface area contributed by atoms with Crippen LogP contribution in [0.2, 0.25) is 0 Å². The fraction of sp³-hybridized carbons (Fsp3) is 0.455. The van der Waals surface area contributed by atoms with Crippen molar-refractivity contribution in [2.75, 3.05) is 0 Å². The number of rotatable bonds is 24. The normalized spacial score (nSPS) is 11.3. The molecule has 0 heterocycles. The molecule has 57 heavy (non-hydrogen) atoms. The van der Waals surface area contributed by atoms with Gasteiger partial charge in [-0.15, -0.1) is 5.75 Å². The second kappa shape index (κ2) is 27.0. The predicted molar refractivity (Wildman–Crippen MR) is 223 cm³/mol. The van der Waals surface area contributed by atoms with Crippen LogP contribution in [-0.2, 0) is 33.1 Å². The van der Waals surface area contributed by atoms with Crippen molar-refractivity contribution in [1.82, 2.24) is 0 Å². The zero-order valence-electron chi connectivity index (χ0n) is 33.5. The van der Waals surface area contributed by atoms with Gasteiger partial charge in [0.1, 0.15) is 38.9 Å². The number of hydrogen-bond acceptors (Lipinski definition) is 9. The van der Waals surface area contributed by atoms with E-state index in [0.717, 1.165) is 49.7 Å². The first kappa shape index (κ1) is 50.3. The van der Waals surface area contributed by atoms with Crippen molar-refractivity contribution >= 4 is 58.0 Å². The number of aromatic hydroxyl groups is 1. The number of ether oxygens (including phenoxy) is 2. The minimum absolute atomic E-state index is 0. The van der Waals surface area contributed by atoms with Gasteiger partial charge in [-0.2, -0.15) is 8.42 Å². The molecule has 0 saturated carbocycles. The Bertz CT molecular complexity index is 1840. The van der Waals surface area contributed by atoms with E-state index in [1.54, 1.807) is 42.5 Å². The second-order valence-corrected chi connectivity index (χ2v) is 16.9. The summed E-state index contributed by atoms with van der Waals surface area (Å²) < 4.78 is 77.0. The largest absolute Gasteiger partial charge is 2.00 e. The zero-order valence-corrected chi connectivity index (χ0v) is 37.3. The van der Waals surface area contributed by atoms with Gasteiger partial charge in [-0.25, -0.2) is 8.42 Å². The van der Waals surface area contributed by atoms with Crippen molar-refractivity contribution in [2.45, 2.75) is 139 Å². The van der Waals surface area contributed by atoms with Crippen LogP contribution in [0.1, 0.15) is 128 Å². The van der Waals surface area contributed by atoms with Crippen molar-refractivity contribution in [1.29, 1.82) is 0 Å². The summed E-state index contributed by atoms with van der Waals surface area (Å²) in [6, 6.07) is 20.7. The predicted octanol–water partition coefficient (Wildman–Crippen LogP) is 10.9. The molecule has 0 radical (unpaired) electrons. The van der Waals surface area contributed by atoms with Gasteiger partial charge >= 0.3 is 37.7 Å². The fourth-order valence-electron chi connectivity index (χ4n) is 6.26. The average molecular weight is 851 g/mol. The first-order chi connectivity index (χ1) is 26.8. The van der Waals surface area contributed by atoms with E-state index in [9.17, 15) is 36.2 Å². The van der Waals surface area contributed by atoms with Gasteiger partial charge in [0.15, 0.2) is 0 Å². The van der Waals surface area contributed by atoms with E-state index in [1.165, 1.54) is 120 Å². The molecule has 13 heteroatoms. The van der Waals surface area contributed by atoms with Crippen LogP contribution in [0, 0.1) is 0 Å². The van der Waals surface area contributed by atoms with Crippen molar-refractivity contribution in [3.05, 3.63) is 96.1 Å². The van der Waals surface area contributed by atoms with Crippen molar-refractivity contribution < 1.29 is 45.6 Å². The monoisotopic (exact) mass is 850 g/mol. The van der Waals surface area contributed by atoms with E-state index in [1.807, 2.05) is 0 Å². The maximum atomic E-state index is 11.7. The van der Waals surface area contributed by atoms with Crippen LogP contribution in [-0.4, -0.2) is 68.8 Å². The van der Waals surface area contributed by atoms with E-state index < -0.39 is 20.2 Å². The van der Waals surface area contributed by atoms with Gasteiger partial charge in [0.05, 0.1) is 9.79 Å². The third-order valence-electron chi connectivity index (χ3n) is 9.33. The first-order valence-corrected chi connectivity index (χ1v) is 22.8. The Morgan fingerprint density at radius 3 is 1.44 bits per heavy atom. The van der Waals surface area contributed by atoms with Gasteiger partial charge < -0.3 is 24.2 Å². The molecule has 0 aliphatic rings. The van der Waals surface area contributed by atoms with Gasteiger partial charge in [-0.05, 0) is 91.4 Å². The van der Waals surface area contributed by atoms with Crippen LogP contribution in [0.15, 0.2) is 94.7 Å². The molecule has 10 nitrogen and oxygen atoms in total. The summed E-state index contributed by atoms with van der Waals surface area (Å²) in [5, 5.41) is 21.5. The van der Waals surface area contributed by atoms with Crippen LogP contribution in [0.5, 0.6) is 34.5 Å². The van der Waals surface area contributed by atoms with Gasteiger partial charge in [0, 0.05) is 6.07 Å². The molecule has 0 spiro atoms. The number of phenols is 1. The summed E-state index contributed by atoms with van der Waals surface area (Å²) >= 11 is 0. The summed E-state index contributed by atoms with van der Waals surface area (Å²) in [5.74, 6) is 1.76. The molecular formula is C44H58CaO10S2. The Labute approximate surface area is 370 Å². The third-order valence-corrected chi connectivity index (χ3v) is 11.0. The molecule has 0 saturated heterocycles. The van der Waals surface area contributed by atoms with Crippen molar-refractivity contribution in [2.24, 2.45) is 0 Å². The Balaban J connectivity index is 0.000000387. The van der Waals surface area contributed by atoms with E-state index in [4.69, 9.17) is 9.47 Å². The fourth-order valence-corrected chi connectivity index (χ4v) is 7.28. The van der Waals surface area contributed by atoms with Crippen LogP contribution < -0.4 is 14.6 Å². The molecular weight excluding hydrogens is 793 g/mol. The molecule has 2 N–H and O–H groups in total. The Kier molecular flexibility index (Phi) is 23.8.